The third kappa shape index (κ3) is 4.37. The highest BCUT2D eigenvalue weighted by molar-refractivity contribution is 5.94. The fraction of sp³-hybridized carbons (Fsp3) is 0.118. The van der Waals surface area contributed by atoms with E-state index in [9.17, 15) is 14.4 Å². The number of rotatable bonds is 5. The first-order valence-corrected chi connectivity index (χ1v) is 7.84. The van der Waals surface area contributed by atoms with Gasteiger partial charge in [-0.3, -0.25) is 20.4 Å². The van der Waals surface area contributed by atoms with Crippen molar-refractivity contribution in [3.8, 4) is 5.69 Å². The molecule has 0 radical (unpaired) electrons. The molecule has 0 atom stereocenters. The van der Waals surface area contributed by atoms with E-state index in [1.807, 2.05) is 18.2 Å². The van der Waals surface area contributed by atoms with Gasteiger partial charge in [-0.05, 0) is 31.2 Å². The van der Waals surface area contributed by atoms with E-state index in [1.165, 1.54) is 23.2 Å². The van der Waals surface area contributed by atoms with Gasteiger partial charge in [-0.2, -0.15) is 9.90 Å². The Kier molecular flexibility index (Phi) is 5.26. The fourth-order valence-electron chi connectivity index (χ4n) is 2.08. The standard InChI is InChI=1S/C17H15N5O5/c1-11-15(21-22(20-11)12-6-3-2-4-7-12)17(25)27-10-14(23)18-19-16(24)13-8-5-9-26-13/h2-9H,10H2,1H3,(H,18,23)(H,19,24). The number of benzene rings is 1. The summed E-state index contributed by atoms with van der Waals surface area (Å²) in [6.07, 6.45) is 1.32. The molecule has 0 aliphatic rings. The summed E-state index contributed by atoms with van der Waals surface area (Å²) in [5.74, 6) is -2.14. The van der Waals surface area contributed by atoms with Gasteiger partial charge in [0.15, 0.2) is 18.1 Å². The van der Waals surface area contributed by atoms with E-state index in [4.69, 9.17) is 9.15 Å². The van der Waals surface area contributed by atoms with Crippen molar-refractivity contribution >= 4 is 17.8 Å². The summed E-state index contributed by atoms with van der Waals surface area (Å²) in [6.45, 7) is 1.00. The zero-order valence-electron chi connectivity index (χ0n) is 14.2. The zero-order valence-corrected chi connectivity index (χ0v) is 14.2. The van der Waals surface area contributed by atoms with Gasteiger partial charge in [-0.15, -0.1) is 5.10 Å². The van der Waals surface area contributed by atoms with Crippen molar-refractivity contribution in [2.75, 3.05) is 6.61 Å². The number of hydrazine groups is 1. The number of para-hydroxylation sites is 1. The molecule has 3 rings (SSSR count). The second-order valence-corrected chi connectivity index (χ2v) is 5.31. The number of hydrogen-bond donors (Lipinski definition) is 2. The van der Waals surface area contributed by atoms with Crippen LogP contribution in [-0.2, 0) is 9.53 Å². The summed E-state index contributed by atoms with van der Waals surface area (Å²) < 4.78 is 9.77. The van der Waals surface area contributed by atoms with E-state index in [0.29, 0.717) is 11.4 Å². The van der Waals surface area contributed by atoms with Crippen molar-refractivity contribution in [3.05, 3.63) is 65.9 Å². The molecular weight excluding hydrogens is 354 g/mol. The highest BCUT2D eigenvalue weighted by Gasteiger charge is 2.19. The van der Waals surface area contributed by atoms with Gasteiger partial charge in [0.25, 0.3) is 5.91 Å². The van der Waals surface area contributed by atoms with Crippen LogP contribution >= 0.6 is 0 Å². The Labute approximate surface area is 153 Å². The van der Waals surface area contributed by atoms with E-state index in [-0.39, 0.29) is 11.5 Å². The largest absolute Gasteiger partial charge is 0.459 e. The molecule has 2 N–H and O–H groups in total. The lowest BCUT2D eigenvalue weighted by molar-refractivity contribution is -0.125. The van der Waals surface area contributed by atoms with Crippen molar-refractivity contribution in [2.45, 2.75) is 6.92 Å². The number of esters is 1. The number of aromatic nitrogens is 3. The van der Waals surface area contributed by atoms with Gasteiger partial charge in [0.05, 0.1) is 17.6 Å². The van der Waals surface area contributed by atoms with Gasteiger partial charge in [-0.25, -0.2) is 4.79 Å². The van der Waals surface area contributed by atoms with Crippen molar-refractivity contribution < 1.29 is 23.5 Å². The lowest BCUT2D eigenvalue weighted by Gasteiger charge is -2.06. The van der Waals surface area contributed by atoms with Crippen LogP contribution < -0.4 is 10.9 Å². The molecule has 10 heteroatoms. The summed E-state index contributed by atoms with van der Waals surface area (Å²) in [5.41, 5.74) is 5.26. The Morgan fingerprint density at radius 3 is 2.56 bits per heavy atom. The third-order valence-corrected chi connectivity index (χ3v) is 3.36. The average molecular weight is 369 g/mol. The van der Waals surface area contributed by atoms with E-state index >= 15 is 0 Å². The molecule has 0 bridgehead atoms. The smallest absolute Gasteiger partial charge is 0.361 e. The van der Waals surface area contributed by atoms with Crippen molar-refractivity contribution in [2.24, 2.45) is 0 Å². The van der Waals surface area contributed by atoms with Crippen LogP contribution in [0.2, 0.25) is 0 Å². The molecule has 27 heavy (non-hydrogen) atoms. The molecule has 0 saturated heterocycles. The number of hydrogen-bond acceptors (Lipinski definition) is 7. The minimum atomic E-state index is -0.804. The topological polar surface area (TPSA) is 128 Å². The minimum Gasteiger partial charge on any atom is -0.459 e. The molecule has 0 spiro atoms. The number of aryl methyl sites for hydroxylation is 1. The van der Waals surface area contributed by atoms with E-state index in [1.54, 1.807) is 19.1 Å². The number of ether oxygens (including phenoxy) is 1. The Hall–Kier alpha value is -3.95. The molecule has 2 heterocycles. The fourth-order valence-corrected chi connectivity index (χ4v) is 2.08. The maximum Gasteiger partial charge on any atom is 0.361 e. The average Bonchev–Trinajstić information content (AvgIpc) is 3.35. The predicted octanol–water partition coefficient (Wildman–Crippen LogP) is 0.787. The summed E-state index contributed by atoms with van der Waals surface area (Å²) in [7, 11) is 0. The lowest BCUT2D eigenvalue weighted by atomic mass is 10.3. The monoisotopic (exact) mass is 369 g/mol. The molecule has 0 saturated carbocycles. The van der Waals surface area contributed by atoms with Crippen molar-refractivity contribution in [1.29, 1.82) is 0 Å². The van der Waals surface area contributed by atoms with Gasteiger partial charge in [0.2, 0.25) is 0 Å². The number of nitrogens with zero attached hydrogens (tertiary/aromatic N) is 3. The Bertz CT molecular complexity index is 950. The zero-order chi connectivity index (χ0) is 19.2. The number of amides is 2. The van der Waals surface area contributed by atoms with Gasteiger partial charge in [0.1, 0.15) is 0 Å². The predicted molar refractivity (Wildman–Crippen MR) is 90.7 cm³/mol. The van der Waals surface area contributed by atoms with Crippen molar-refractivity contribution in [1.82, 2.24) is 25.8 Å². The molecule has 1 aromatic carbocycles. The van der Waals surface area contributed by atoms with Gasteiger partial charge < -0.3 is 9.15 Å². The molecule has 138 valence electrons. The summed E-state index contributed by atoms with van der Waals surface area (Å²) in [4.78, 5) is 36.7. The third-order valence-electron chi connectivity index (χ3n) is 3.36. The van der Waals surface area contributed by atoms with Crippen LogP contribution in [0.4, 0.5) is 0 Å². The number of carbonyl (C=O) groups is 3. The molecule has 2 aromatic heterocycles. The van der Waals surface area contributed by atoms with Crippen molar-refractivity contribution in [3.63, 3.8) is 0 Å². The summed E-state index contributed by atoms with van der Waals surface area (Å²) in [5, 5.41) is 8.24. The van der Waals surface area contributed by atoms with Crippen LogP contribution in [0, 0.1) is 6.92 Å². The molecule has 3 aromatic rings. The highest BCUT2D eigenvalue weighted by atomic mass is 16.5. The normalized spacial score (nSPS) is 10.3. The first kappa shape index (κ1) is 17.9. The van der Waals surface area contributed by atoms with E-state index < -0.39 is 24.4 Å². The second kappa shape index (κ2) is 7.95. The summed E-state index contributed by atoms with van der Waals surface area (Å²) >= 11 is 0. The Morgan fingerprint density at radius 1 is 1.07 bits per heavy atom. The highest BCUT2D eigenvalue weighted by Crippen LogP contribution is 2.09. The van der Waals surface area contributed by atoms with Crippen LogP contribution in [0.25, 0.3) is 5.69 Å². The minimum absolute atomic E-state index is 0.00808. The molecule has 0 aliphatic heterocycles. The molecule has 0 aliphatic carbocycles. The SMILES string of the molecule is Cc1nn(-c2ccccc2)nc1C(=O)OCC(=O)NNC(=O)c1ccco1. The maximum atomic E-state index is 12.1. The maximum absolute atomic E-state index is 12.1. The summed E-state index contributed by atoms with van der Waals surface area (Å²) in [6, 6.07) is 12.0. The molecule has 0 unspecified atom stereocenters. The van der Waals surface area contributed by atoms with Crippen LogP contribution in [0.5, 0.6) is 0 Å². The quantitative estimate of drug-likeness (QED) is 0.502. The molecule has 2 amide bonds. The number of carbonyl (C=O) groups excluding carboxylic acids is 3. The molecule has 10 nitrogen and oxygen atoms in total. The lowest BCUT2D eigenvalue weighted by Crippen LogP contribution is -2.43. The number of nitrogens with one attached hydrogen (secondary N) is 2. The first-order chi connectivity index (χ1) is 13.0. The first-order valence-electron chi connectivity index (χ1n) is 7.84. The molecule has 0 fully saturated rings. The van der Waals surface area contributed by atoms with Crippen LogP contribution in [0.3, 0.4) is 0 Å². The van der Waals surface area contributed by atoms with Gasteiger partial charge >= 0.3 is 11.9 Å². The second-order valence-electron chi connectivity index (χ2n) is 5.31. The van der Waals surface area contributed by atoms with Crippen LogP contribution in [0.1, 0.15) is 26.7 Å². The van der Waals surface area contributed by atoms with E-state index in [0.717, 1.165) is 0 Å². The van der Waals surface area contributed by atoms with Gasteiger partial charge in [-0.1, -0.05) is 18.2 Å². The van der Waals surface area contributed by atoms with Gasteiger partial charge in [0, 0.05) is 0 Å². The van der Waals surface area contributed by atoms with Crippen LogP contribution in [0.15, 0.2) is 53.1 Å². The van der Waals surface area contributed by atoms with Crippen LogP contribution in [-0.4, -0.2) is 39.4 Å². The number of furan rings is 1. The van der Waals surface area contributed by atoms with E-state index in [2.05, 4.69) is 21.0 Å². The Balaban J connectivity index is 1.52. The Morgan fingerprint density at radius 2 is 1.85 bits per heavy atom. The molecular formula is C17H15N5O5.